The van der Waals surface area contributed by atoms with Gasteiger partial charge in [0.25, 0.3) is 0 Å². The summed E-state index contributed by atoms with van der Waals surface area (Å²) in [5, 5.41) is 3.56. The Hall–Kier alpha value is -2.12. The number of halogens is 1. The average molecular weight is 391 g/mol. The van der Waals surface area contributed by atoms with Crippen molar-refractivity contribution in [2.75, 3.05) is 24.2 Å². The van der Waals surface area contributed by atoms with Crippen LogP contribution in [0.5, 0.6) is 0 Å². The molecule has 0 amide bonds. The van der Waals surface area contributed by atoms with Crippen LogP contribution in [0, 0.1) is 5.82 Å². The van der Waals surface area contributed by atoms with Crippen LogP contribution in [0.2, 0.25) is 0 Å². The maximum atomic E-state index is 14.1. The van der Waals surface area contributed by atoms with Crippen LogP contribution in [0.1, 0.15) is 28.2 Å². The van der Waals surface area contributed by atoms with Crippen molar-refractivity contribution in [2.24, 2.45) is 0 Å². The van der Waals surface area contributed by atoms with Crippen LogP contribution in [-0.4, -0.2) is 34.9 Å². The minimum absolute atomic E-state index is 0.144. The number of esters is 1. The van der Waals surface area contributed by atoms with Crippen molar-refractivity contribution in [3.63, 3.8) is 0 Å². The third kappa shape index (κ3) is 4.16. The van der Waals surface area contributed by atoms with Crippen molar-refractivity contribution in [1.29, 1.82) is 0 Å². The summed E-state index contributed by atoms with van der Waals surface area (Å²) in [6.07, 6.45) is 0. The second-order valence-electron chi connectivity index (χ2n) is 5.67. The minimum atomic E-state index is -0.350. The van der Waals surface area contributed by atoms with Gasteiger partial charge in [-0.3, -0.25) is 0 Å². The molecule has 0 spiro atoms. The summed E-state index contributed by atoms with van der Waals surface area (Å²) >= 11 is 7.20. The lowest BCUT2D eigenvalue weighted by Gasteiger charge is -2.27. The molecule has 1 saturated heterocycles. The molecule has 2 aromatic carbocycles. The van der Waals surface area contributed by atoms with Crippen LogP contribution >= 0.6 is 24.0 Å². The van der Waals surface area contributed by atoms with Gasteiger partial charge in [-0.05, 0) is 49.5 Å². The van der Waals surface area contributed by atoms with Gasteiger partial charge in [0, 0.05) is 23.5 Å². The van der Waals surface area contributed by atoms with E-state index in [4.69, 9.17) is 17.0 Å². The first-order chi connectivity index (χ1) is 12.6. The topological polar surface area (TPSA) is 41.6 Å². The lowest BCUT2D eigenvalue weighted by Crippen LogP contribution is -2.34. The number of carbonyl (C=O) groups excluding carboxylic acids is 1. The molecule has 1 heterocycles. The van der Waals surface area contributed by atoms with E-state index in [9.17, 15) is 9.18 Å². The molecule has 7 heteroatoms. The molecule has 3 rings (SSSR count). The minimum Gasteiger partial charge on any atom is -0.462 e. The number of benzene rings is 2. The van der Waals surface area contributed by atoms with Gasteiger partial charge >= 0.3 is 5.97 Å². The van der Waals surface area contributed by atoms with Gasteiger partial charge in [0.05, 0.1) is 12.2 Å². The first-order valence-corrected chi connectivity index (χ1v) is 9.76. The van der Waals surface area contributed by atoms with E-state index in [1.54, 1.807) is 55.1 Å². The molecule has 0 unspecified atom stereocenters. The summed E-state index contributed by atoms with van der Waals surface area (Å²) in [6, 6.07) is 13.7. The summed E-state index contributed by atoms with van der Waals surface area (Å²) < 4.78 is 19.1. The molecule has 0 aliphatic carbocycles. The molecular weight excluding hydrogens is 371 g/mol. The lowest BCUT2D eigenvalue weighted by molar-refractivity contribution is 0.0526. The molecule has 1 N–H and O–H groups in total. The highest BCUT2D eigenvalue weighted by atomic mass is 32.2. The van der Waals surface area contributed by atoms with E-state index >= 15 is 0 Å². The Balaban J connectivity index is 1.69. The Morgan fingerprint density at radius 3 is 2.73 bits per heavy atom. The van der Waals surface area contributed by atoms with Crippen molar-refractivity contribution in [2.45, 2.75) is 12.3 Å². The molecule has 0 radical (unpaired) electrons. The summed E-state index contributed by atoms with van der Waals surface area (Å²) in [6.45, 7) is 2.86. The molecule has 1 fully saturated rings. The van der Waals surface area contributed by atoms with Gasteiger partial charge in [-0.25, -0.2) is 9.18 Å². The molecule has 1 aliphatic rings. The van der Waals surface area contributed by atoms with Crippen LogP contribution in [-0.2, 0) is 4.74 Å². The number of rotatable bonds is 4. The van der Waals surface area contributed by atoms with E-state index in [0.717, 1.165) is 18.0 Å². The normalized spacial score (nSPS) is 16.4. The number of carbonyl (C=O) groups is 1. The van der Waals surface area contributed by atoms with E-state index in [1.165, 1.54) is 6.07 Å². The van der Waals surface area contributed by atoms with E-state index in [0.29, 0.717) is 22.8 Å². The van der Waals surface area contributed by atoms with E-state index < -0.39 is 0 Å². The molecule has 4 nitrogen and oxygen atoms in total. The summed E-state index contributed by atoms with van der Waals surface area (Å²) in [5.74, 6) is 0.304. The Labute approximate surface area is 161 Å². The summed E-state index contributed by atoms with van der Waals surface area (Å²) in [7, 11) is 0. The molecule has 0 bridgehead atoms. The van der Waals surface area contributed by atoms with E-state index in [1.807, 2.05) is 11.0 Å². The zero-order valence-corrected chi connectivity index (χ0v) is 15.9. The summed E-state index contributed by atoms with van der Waals surface area (Å²) in [4.78, 5) is 13.7. The van der Waals surface area contributed by atoms with Gasteiger partial charge in [-0.15, -0.1) is 11.8 Å². The quantitative estimate of drug-likeness (QED) is 0.615. The predicted octanol–water partition coefficient (Wildman–Crippen LogP) is 4.45. The molecule has 136 valence electrons. The number of ether oxygens (including phenoxy) is 1. The molecule has 0 aromatic heterocycles. The number of nitrogens with zero attached hydrogens (tertiary/aromatic N) is 1. The van der Waals surface area contributed by atoms with Gasteiger partial charge in [-0.2, -0.15) is 0 Å². The van der Waals surface area contributed by atoms with Crippen molar-refractivity contribution in [3.8, 4) is 0 Å². The van der Waals surface area contributed by atoms with Crippen LogP contribution in [0.4, 0.5) is 10.1 Å². The van der Waals surface area contributed by atoms with Crippen molar-refractivity contribution >= 4 is 40.7 Å². The third-order valence-corrected chi connectivity index (χ3v) is 5.55. The van der Waals surface area contributed by atoms with Crippen LogP contribution in [0.15, 0.2) is 48.5 Å². The van der Waals surface area contributed by atoms with E-state index in [-0.39, 0.29) is 17.2 Å². The Morgan fingerprint density at radius 1 is 1.31 bits per heavy atom. The SMILES string of the molecule is CCOC(=O)c1ccc(NC(=S)N2CCS[C@@H]2c2ccccc2F)cc1. The van der Waals surface area contributed by atoms with Crippen LogP contribution in [0.3, 0.4) is 0 Å². The molecular formula is C19H19FN2O2S2. The summed E-state index contributed by atoms with van der Waals surface area (Å²) in [5.41, 5.74) is 1.90. The van der Waals surface area contributed by atoms with Crippen molar-refractivity contribution < 1.29 is 13.9 Å². The van der Waals surface area contributed by atoms with E-state index in [2.05, 4.69) is 5.32 Å². The Kier molecular flexibility index (Phi) is 6.11. The monoisotopic (exact) mass is 390 g/mol. The smallest absolute Gasteiger partial charge is 0.338 e. The number of thiocarbonyl (C=S) groups is 1. The first kappa shape index (κ1) is 18.7. The molecule has 1 atom stereocenters. The highest BCUT2D eigenvalue weighted by Gasteiger charge is 2.30. The molecule has 26 heavy (non-hydrogen) atoms. The molecule has 2 aromatic rings. The lowest BCUT2D eigenvalue weighted by atomic mass is 10.2. The van der Waals surface area contributed by atoms with Crippen molar-refractivity contribution in [1.82, 2.24) is 4.90 Å². The van der Waals surface area contributed by atoms with Gasteiger partial charge in [0.2, 0.25) is 0 Å². The van der Waals surface area contributed by atoms with Gasteiger partial charge in [0.1, 0.15) is 11.2 Å². The zero-order valence-electron chi connectivity index (χ0n) is 14.3. The first-order valence-electron chi connectivity index (χ1n) is 8.31. The standard InChI is InChI=1S/C19H19FN2O2S2/c1-2-24-18(23)13-7-9-14(10-8-13)21-19(25)22-11-12-26-17(22)15-5-3-4-6-16(15)20/h3-10,17H,2,11-12H2,1H3,(H,21,25)/t17-/m1/s1. The second-order valence-corrected chi connectivity index (χ2v) is 7.24. The third-order valence-electron chi connectivity index (χ3n) is 3.97. The molecule has 0 saturated carbocycles. The van der Waals surface area contributed by atoms with Gasteiger partial charge < -0.3 is 15.0 Å². The number of thioether (sulfide) groups is 1. The number of anilines is 1. The zero-order chi connectivity index (χ0) is 18.5. The fourth-order valence-electron chi connectivity index (χ4n) is 2.71. The number of nitrogens with one attached hydrogen (secondary N) is 1. The fraction of sp³-hybridized carbons (Fsp3) is 0.263. The molecule has 1 aliphatic heterocycles. The van der Waals surface area contributed by atoms with Gasteiger partial charge in [0.15, 0.2) is 5.11 Å². The highest BCUT2D eigenvalue weighted by molar-refractivity contribution is 7.99. The maximum absolute atomic E-state index is 14.1. The van der Waals surface area contributed by atoms with Crippen molar-refractivity contribution in [3.05, 3.63) is 65.5 Å². The average Bonchev–Trinajstić information content (AvgIpc) is 3.12. The van der Waals surface area contributed by atoms with Crippen LogP contribution in [0.25, 0.3) is 0 Å². The second kappa shape index (κ2) is 8.51. The van der Waals surface area contributed by atoms with Gasteiger partial charge in [-0.1, -0.05) is 18.2 Å². The maximum Gasteiger partial charge on any atom is 0.338 e. The Morgan fingerprint density at radius 2 is 2.04 bits per heavy atom. The largest absolute Gasteiger partial charge is 0.462 e. The number of hydrogen-bond donors (Lipinski definition) is 1. The van der Waals surface area contributed by atoms with Crippen LogP contribution < -0.4 is 5.32 Å². The fourth-order valence-corrected chi connectivity index (χ4v) is 4.38. The Bertz CT molecular complexity index is 798. The predicted molar refractivity (Wildman–Crippen MR) is 107 cm³/mol. The number of hydrogen-bond acceptors (Lipinski definition) is 4. The highest BCUT2D eigenvalue weighted by Crippen LogP contribution is 2.39.